The molecule has 4 rings (SSSR count). The second-order valence-corrected chi connectivity index (χ2v) is 9.32. The molecule has 0 atom stereocenters. The van der Waals surface area contributed by atoms with Gasteiger partial charge in [0.25, 0.3) is 0 Å². The van der Waals surface area contributed by atoms with Crippen molar-refractivity contribution in [2.24, 2.45) is 0 Å². The van der Waals surface area contributed by atoms with Crippen LogP contribution in [0.5, 0.6) is 5.75 Å². The predicted molar refractivity (Wildman–Crippen MR) is 122 cm³/mol. The number of pyridine rings is 1. The fraction of sp³-hybridized carbons (Fsp3) is 0.174. The number of fused-ring (bicyclic) bond motifs is 1. The fourth-order valence-electron chi connectivity index (χ4n) is 3.28. The quantitative estimate of drug-likeness (QED) is 0.412. The number of nitrogens with zero attached hydrogens (tertiary/aromatic N) is 1. The number of anilines is 2. The number of sulfonamides is 1. The molecule has 7 nitrogen and oxygen atoms in total. The Balaban J connectivity index is 1.76. The molecule has 2 aromatic carbocycles. The summed E-state index contributed by atoms with van der Waals surface area (Å²) >= 11 is 0. The van der Waals surface area contributed by atoms with Crippen LogP contribution in [0.3, 0.4) is 0 Å². The minimum absolute atomic E-state index is 0.0833. The number of ether oxygens (including phenoxy) is 1. The van der Waals surface area contributed by atoms with Crippen molar-refractivity contribution < 1.29 is 22.0 Å². The summed E-state index contributed by atoms with van der Waals surface area (Å²) in [6.45, 7) is 3.55. The molecule has 3 N–H and O–H groups in total. The lowest BCUT2D eigenvalue weighted by Gasteiger charge is -2.15. The van der Waals surface area contributed by atoms with Crippen LogP contribution in [-0.4, -0.2) is 19.2 Å². The van der Waals surface area contributed by atoms with E-state index in [0.29, 0.717) is 33.8 Å². The lowest BCUT2D eigenvalue weighted by molar-refractivity contribution is 0.308. The third kappa shape index (κ3) is 4.38. The Morgan fingerprint density at radius 1 is 1.19 bits per heavy atom. The number of hydrogen-bond donors (Lipinski definition) is 2. The van der Waals surface area contributed by atoms with Crippen LogP contribution in [-0.2, 0) is 16.6 Å². The number of furan rings is 1. The van der Waals surface area contributed by atoms with Gasteiger partial charge in [-0.3, -0.25) is 4.72 Å². The Hall–Kier alpha value is -3.59. The molecule has 0 aliphatic rings. The van der Waals surface area contributed by atoms with Gasteiger partial charge in [0.2, 0.25) is 10.0 Å². The summed E-state index contributed by atoms with van der Waals surface area (Å²) in [7, 11) is -3.53. The average molecular weight is 456 g/mol. The highest BCUT2D eigenvalue weighted by Gasteiger charge is 2.18. The number of rotatable bonds is 7. The molecule has 0 saturated carbocycles. The first-order valence-corrected chi connectivity index (χ1v) is 11.6. The molecule has 0 unspecified atom stereocenters. The highest BCUT2D eigenvalue weighted by atomic mass is 32.2. The van der Waals surface area contributed by atoms with Gasteiger partial charge in [-0.05, 0) is 49.2 Å². The molecule has 4 aromatic rings. The number of nitrogen functional groups attached to an aromatic ring is 1. The van der Waals surface area contributed by atoms with E-state index in [1.54, 1.807) is 49.7 Å². The van der Waals surface area contributed by atoms with E-state index in [4.69, 9.17) is 14.9 Å². The standard InChI is InChI=1S/C23H22FN3O4S/c1-3-32(28,29)27-19-9-6-16(10-20(19)30-12-15-4-7-17(24)8-5-15)18-13-31-22-14(2)11-26-23(25)21(18)22/h4-11,13,27H,3,12H2,1-2H3,(H2,25,26). The van der Waals surface area contributed by atoms with Gasteiger partial charge < -0.3 is 14.9 Å². The third-order valence-electron chi connectivity index (χ3n) is 5.05. The van der Waals surface area contributed by atoms with Crippen molar-refractivity contribution in [3.05, 3.63) is 71.9 Å². The number of nitrogens with two attached hydrogens (primary N) is 1. The molecule has 0 radical (unpaired) electrons. The Labute approximate surface area is 185 Å². The minimum Gasteiger partial charge on any atom is -0.487 e. The summed E-state index contributed by atoms with van der Waals surface area (Å²) in [5.41, 5.74) is 10.0. The molecule has 0 aliphatic heterocycles. The molecule has 0 saturated heterocycles. The summed E-state index contributed by atoms with van der Waals surface area (Å²) in [4.78, 5) is 4.21. The molecule has 0 aliphatic carbocycles. The second kappa shape index (κ2) is 8.51. The molecule has 2 aromatic heterocycles. The summed E-state index contributed by atoms with van der Waals surface area (Å²) in [5.74, 6) is 0.219. The predicted octanol–water partition coefficient (Wildman–Crippen LogP) is 4.87. The molecule has 0 bridgehead atoms. The summed E-state index contributed by atoms with van der Waals surface area (Å²) in [6.07, 6.45) is 3.23. The van der Waals surface area contributed by atoms with Crippen molar-refractivity contribution in [3.63, 3.8) is 0 Å². The zero-order chi connectivity index (χ0) is 22.9. The first kappa shape index (κ1) is 21.6. The lowest BCUT2D eigenvalue weighted by Crippen LogP contribution is -2.15. The zero-order valence-corrected chi connectivity index (χ0v) is 18.4. The normalized spacial score (nSPS) is 11.6. The van der Waals surface area contributed by atoms with Crippen LogP contribution >= 0.6 is 0 Å². The third-order valence-corrected chi connectivity index (χ3v) is 6.34. The van der Waals surface area contributed by atoms with Crippen LogP contribution in [0, 0.1) is 12.7 Å². The number of halogens is 1. The molecule has 166 valence electrons. The maximum Gasteiger partial charge on any atom is 0.232 e. The van der Waals surface area contributed by atoms with Gasteiger partial charge in [0.15, 0.2) is 0 Å². The zero-order valence-electron chi connectivity index (χ0n) is 17.6. The summed E-state index contributed by atoms with van der Waals surface area (Å²) in [6, 6.07) is 11.0. The number of nitrogens with one attached hydrogen (secondary N) is 1. The highest BCUT2D eigenvalue weighted by Crippen LogP contribution is 2.38. The first-order valence-electron chi connectivity index (χ1n) is 9.92. The SMILES string of the molecule is CCS(=O)(=O)Nc1ccc(-c2coc3c(C)cnc(N)c23)cc1OCc1ccc(F)cc1. The van der Waals surface area contributed by atoms with Gasteiger partial charge in [0.05, 0.1) is 23.1 Å². The van der Waals surface area contributed by atoms with Crippen molar-refractivity contribution in [3.8, 4) is 16.9 Å². The van der Waals surface area contributed by atoms with Gasteiger partial charge in [0.1, 0.15) is 29.6 Å². The molecular weight excluding hydrogens is 433 g/mol. The maximum absolute atomic E-state index is 13.2. The number of aromatic nitrogens is 1. The van der Waals surface area contributed by atoms with E-state index in [1.165, 1.54) is 12.1 Å². The van der Waals surface area contributed by atoms with Crippen molar-refractivity contribution >= 4 is 32.5 Å². The van der Waals surface area contributed by atoms with E-state index < -0.39 is 10.0 Å². The van der Waals surface area contributed by atoms with Crippen LogP contribution in [0.15, 0.2) is 59.3 Å². The number of hydrogen-bond acceptors (Lipinski definition) is 6. The summed E-state index contributed by atoms with van der Waals surface area (Å²) < 4.78 is 51.7. The Kier molecular flexibility index (Phi) is 5.75. The van der Waals surface area contributed by atoms with Gasteiger partial charge in [-0.2, -0.15) is 0 Å². The molecule has 0 spiro atoms. The van der Waals surface area contributed by atoms with Gasteiger partial charge in [-0.15, -0.1) is 0 Å². The number of benzene rings is 2. The second-order valence-electron chi connectivity index (χ2n) is 7.31. The summed E-state index contributed by atoms with van der Waals surface area (Å²) in [5, 5.41) is 0.677. The Morgan fingerprint density at radius 2 is 1.94 bits per heavy atom. The Morgan fingerprint density at radius 3 is 2.66 bits per heavy atom. The van der Waals surface area contributed by atoms with Gasteiger partial charge in [-0.25, -0.2) is 17.8 Å². The van der Waals surface area contributed by atoms with E-state index in [2.05, 4.69) is 9.71 Å². The van der Waals surface area contributed by atoms with Crippen LogP contribution < -0.4 is 15.2 Å². The van der Waals surface area contributed by atoms with Crippen molar-refractivity contribution in [1.82, 2.24) is 4.98 Å². The number of aryl methyl sites for hydroxylation is 1. The maximum atomic E-state index is 13.2. The molecule has 0 fully saturated rings. The molecule has 2 heterocycles. The van der Waals surface area contributed by atoms with E-state index in [1.807, 2.05) is 6.92 Å². The van der Waals surface area contributed by atoms with E-state index >= 15 is 0 Å². The van der Waals surface area contributed by atoms with E-state index in [9.17, 15) is 12.8 Å². The first-order chi connectivity index (χ1) is 15.3. The van der Waals surface area contributed by atoms with E-state index in [-0.39, 0.29) is 18.2 Å². The van der Waals surface area contributed by atoms with Crippen LogP contribution in [0.2, 0.25) is 0 Å². The van der Waals surface area contributed by atoms with Crippen LogP contribution in [0.1, 0.15) is 18.1 Å². The van der Waals surface area contributed by atoms with Gasteiger partial charge in [-0.1, -0.05) is 18.2 Å². The van der Waals surface area contributed by atoms with Gasteiger partial charge in [0, 0.05) is 17.3 Å². The van der Waals surface area contributed by atoms with Crippen molar-refractivity contribution in [2.75, 3.05) is 16.2 Å². The lowest BCUT2D eigenvalue weighted by atomic mass is 10.0. The van der Waals surface area contributed by atoms with Gasteiger partial charge >= 0.3 is 0 Å². The van der Waals surface area contributed by atoms with Crippen LogP contribution in [0.4, 0.5) is 15.9 Å². The fourth-order valence-corrected chi connectivity index (χ4v) is 3.93. The average Bonchev–Trinajstić information content (AvgIpc) is 3.23. The minimum atomic E-state index is -3.53. The Bertz CT molecular complexity index is 1380. The smallest absolute Gasteiger partial charge is 0.232 e. The van der Waals surface area contributed by atoms with Crippen LogP contribution in [0.25, 0.3) is 22.1 Å². The molecule has 32 heavy (non-hydrogen) atoms. The highest BCUT2D eigenvalue weighted by molar-refractivity contribution is 7.92. The largest absolute Gasteiger partial charge is 0.487 e. The topological polar surface area (TPSA) is 107 Å². The van der Waals surface area contributed by atoms with E-state index in [0.717, 1.165) is 16.7 Å². The molecule has 0 amide bonds. The monoisotopic (exact) mass is 455 g/mol. The van der Waals surface area contributed by atoms with Crippen molar-refractivity contribution in [2.45, 2.75) is 20.5 Å². The molecule has 9 heteroatoms. The van der Waals surface area contributed by atoms with Crippen molar-refractivity contribution in [1.29, 1.82) is 0 Å². The molecular formula is C23H22FN3O4S.